The molecule has 0 unspecified atom stereocenters. The van der Waals surface area contributed by atoms with Crippen LogP contribution in [-0.2, 0) is 4.79 Å². The van der Waals surface area contributed by atoms with E-state index < -0.39 is 0 Å². The number of hydrazine groups is 1. The van der Waals surface area contributed by atoms with Gasteiger partial charge in [-0.1, -0.05) is 6.07 Å². The minimum Gasteiger partial charge on any atom is -0.493 e. The second-order valence-corrected chi connectivity index (χ2v) is 4.27. The minimum atomic E-state index is -0.0427. The lowest BCUT2D eigenvalue weighted by Crippen LogP contribution is -2.36. The van der Waals surface area contributed by atoms with Crippen molar-refractivity contribution in [2.45, 2.75) is 20.3 Å². The highest BCUT2D eigenvalue weighted by atomic mass is 16.5. The average Bonchev–Trinajstić information content (AvgIpc) is 2.22. The zero-order valence-electron chi connectivity index (χ0n) is 10.9. The third-order valence-corrected chi connectivity index (χ3v) is 2.42. The highest BCUT2D eigenvalue weighted by molar-refractivity contribution is 5.75. The topological polar surface area (TPSA) is 41.6 Å². The molecule has 0 bridgehead atoms. The Morgan fingerprint density at radius 3 is 2.59 bits per heavy atom. The number of amides is 1. The summed E-state index contributed by atoms with van der Waals surface area (Å²) >= 11 is 0. The lowest BCUT2D eigenvalue weighted by Gasteiger charge is -2.12. The molecule has 94 valence electrons. The first kappa shape index (κ1) is 13.5. The average molecular weight is 236 g/mol. The fourth-order valence-corrected chi connectivity index (χ4v) is 1.37. The molecule has 0 aliphatic heterocycles. The maximum atomic E-state index is 11.3. The Labute approximate surface area is 103 Å². The molecule has 0 atom stereocenters. The molecule has 0 radical (unpaired) electrons. The van der Waals surface area contributed by atoms with Crippen molar-refractivity contribution in [3.63, 3.8) is 0 Å². The molecule has 0 fully saturated rings. The molecular weight excluding hydrogens is 216 g/mol. The van der Waals surface area contributed by atoms with Crippen molar-refractivity contribution in [1.82, 2.24) is 10.4 Å². The van der Waals surface area contributed by atoms with Crippen LogP contribution in [-0.4, -0.2) is 31.6 Å². The molecule has 4 heteroatoms. The quantitative estimate of drug-likeness (QED) is 0.791. The van der Waals surface area contributed by atoms with Gasteiger partial charge in [0.2, 0.25) is 5.91 Å². The Morgan fingerprint density at radius 2 is 2.00 bits per heavy atom. The van der Waals surface area contributed by atoms with Crippen LogP contribution in [0.1, 0.15) is 17.5 Å². The number of carbonyl (C=O) groups excluding carboxylic acids is 1. The van der Waals surface area contributed by atoms with Crippen LogP contribution in [0.4, 0.5) is 0 Å². The molecule has 0 aromatic heterocycles. The Bertz CT molecular complexity index is 389. The van der Waals surface area contributed by atoms with Gasteiger partial charge >= 0.3 is 0 Å². The maximum absolute atomic E-state index is 11.3. The zero-order valence-corrected chi connectivity index (χ0v) is 10.9. The van der Waals surface area contributed by atoms with Gasteiger partial charge in [0.25, 0.3) is 0 Å². The molecule has 1 aromatic rings. The minimum absolute atomic E-state index is 0.0427. The monoisotopic (exact) mass is 236 g/mol. The lowest BCUT2D eigenvalue weighted by molar-refractivity contribution is -0.125. The van der Waals surface area contributed by atoms with Gasteiger partial charge in [0.05, 0.1) is 13.0 Å². The molecule has 0 aliphatic carbocycles. The van der Waals surface area contributed by atoms with Gasteiger partial charge in [-0.2, -0.15) is 0 Å². The van der Waals surface area contributed by atoms with Crippen molar-refractivity contribution in [3.8, 4) is 5.75 Å². The van der Waals surface area contributed by atoms with E-state index in [4.69, 9.17) is 4.74 Å². The van der Waals surface area contributed by atoms with Gasteiger partial charge in [-0.05, 0) is 37.1 Å². The summed E-state index contributed by atoms with van der Waals surface area (Å²) < 4.78 is 5.51. The van der Waals surface area contributed by atoms with Crippen LogP contribution < -0.4 is 10.2 Å². The zero-order chi connectivity index (χ0) is 12.8. The third kappa shape index (κ3) is 4.87. The van der Waals surface area contributed by atoms with E-state index in [9.17, 15) is 4.79 Å². The molecule has 1 amide bonds. The van der Waals surface area contributed by atoms with Crippen molar-refractivity contribution in [1.29, 1.82) is 0 Å². The summed E-state index contributed by atoms with van der Waals surface area (Å²) in [5.41, 5.74) is 5.10. The molecule has 0 saturated heterocycles. The Morgan fingerprint density at radius 1 is 1.29 bits per heavy atom. The summed E-state index contributed by atoms with van der Waals surface area (Å²) in [6.07, 6.45) is 0.352. The standard InChI is InChI=1S/C13H20N2O2/c1-10-5-6-12(9-11(10)2)17-8-7-13(16)14-15(3)4/h5-6,9H,7-8H2,1-4H3,(H,14,16). The van der Waals surface area contributed by atoms with E-state index >= 15 is 0 Å². The third-order valence-electron chi connectivity index (χ3n) is 2.42. The van der Waals surface area contributed by atoms with Gasteiger partial charge in [-0.25, -0.2) is 5.01 Å². The second kappa shape index (κ2) is 6.25. The van der Waals surface area contributed by atoms with Crippen LogP contribution in [0.2, 0.25) is 0 Å². The lowest BCUT2D eigenvalue weighted by atomic mass is 10.1. The smallest absolute Gasteiger partial charge is 0.237 e. The van der Waals surface area contributed by atoms with E-state index in [0.29, 0.717) is 13.0 Å². The number of aryl methyl sites for hydroxylation is 2. The van der Waals surface area contributed by atoms with Crippen LogP contribution in [0.15, 0.2) is 18.2 Å². The van der Waals surface area contributed by atoms with Crippen molar-refractivity contribution < 1.29 is 9.53 Å². The Hall–Kier alpha value is -1.55. The first-order chi connectivity index (χ1) is 7.99. The summed E-state index contributed by atoms with van der Waals surface area (Å²) in [6.45, 7) is 4.49. The number of rotatable bonds is 5. The van der Waals surface area contributed by atoms with Crippen LogP contribution >= 0.6 is 0 Å². The number of ether oxygens (including phenoxy) is 1. The summed E-state index contributed by atoms with van der Waals surface area (Å²) in [7, 11) is 3.56. The number of hydrogen-bond acceptors (Lipinski definition) is 3. The van der Waals surface area contributed by atoms with E-state index in [2.05, 4.69) is 12.3 Å². The highest BCUT2D eigenvalue weighted by Crippen LogP contribution is 2.16. The number of carbonyl (C=O) groups is 1. The summed E-state index contributed by atoms with van der Waals surface area (Å²) in [5, 5.41) is 1.62. The predicted octanol–water partition coefficient (Wildman–Crippen LogP) is 1.67. The van der Waals surface area contributed by atoms with Crippen LogP contribution in [0, 0.1) is 13.8 Å². The number of hydrogen-bond donors (Lipinski definition) is 1. The fraction of sp³-hybridized carbons (Fsp3) is 0.462. The normalized spacial score (nSPS) is 10.4. The van der Waals surface area contributed by atoms with Crippen molar-refractivity contribution in [2.24, 2.45) is 0 Å². The predicted molar refractivity (Wildman–Crippen MR) is 67.9 cm³/mol. The molecule has 4 nitrogen and oxygen atoms in total. The van der Waals surface area contributed by atoms with E-state index in [1.807, 2.05) is 25.1 Å². The van der Waals surface area contributed by atoms with Gasteiger partial charge in [0, 0.05) is 14.1 Å². The number of nitrogens with zero attached hydrogens (tertiary/aromatic N) is 1. The van der Waals surface area contributed by atoms with E-state index in [0.717, 1.165) is 5.75 Å². The molecule has 0 heterocycles. The molecule has 1 rings (SSSR count). The molecule has 0 aliphatic rings. The molecule has 1 N–H and O–H groups in total. The van der Waals surface area contributed by atoms with Gasteiger partial charge in [-0.15, -0.1) is 0 Å². The van der Waals surface area contributed by atoms with E-state index in [-0.39, 0.29) is 5.91 Å². The SMILES string of the molecule is Cc1ccc(OCCC(=O)NN(C)C)cc1C. The van der Waals surface area contributed by atoms with Crippen molar-refractivity contribution >= 4 is 5.91 Å². The number of nitrogens with one attached hydrogen (secondary N) is 1. The van der Waals surface area contributed by atoms with Crippen molar-refractivity contribution in [2.75, 3.05) is 20.7 Å². The van der Waals surface area contributed by atoms with Crippen LogP contribution in [0.25, 0.3) is 0 Å². The van der Waals surface area contributed by atoms with Gasteiger partial charge in [0.1, 0.15) is 5.75 Å². The molecule has 0 spiro atoms. The molecule has 1 aromatic carbocycles. The first-order valence-corrected chi connectivity index (χ1v) is 5.66. The summed E-state index contributed by atoms with van der Waals surface area (Å²) in [5.74, 6) is 0.768. The fourth-order valence-electron chi connectivity index (χ4n) is 1.37. The maximum Gasteiger partial charge on any atom is 0.237 e. The molecule has 17 heavy (non-hydrogen) atoms. The summed E-state index contributed by atoms with van der Waals surface area (Å²) in [4.78, 5) is 11.3. The number of benzene rings is 1. The van der Waals surface area contributed by atoms with Gasteiger partial charge < -0.3 is 4.74 Å². The van der Waals surface area contributed by atoms with Crippen LogP contribution in [0.5, 0.6) is 5.75 Å². The van der Waals surface area contributed by atoms with Gasteiger partial charge in [-0.3, -0.25) is 10.2 Å². The molecule has 0 saturated carbocycles. The second-order valence-electron chi connectivity index (χ2n) is 4.27. The van der Waals surface area contributed by atoms with Crippen LogP contribution in [0.3, 0.4) is 0 Å². The summed E-state index contributed by atoms with van der Waals surface area (Å²) in [6, 6.07) is 5.93. The Kier molecular flexibility index (Phi) is 4.97. The Balaban J connectivity index is 2.36. The van der Waals surface area contributed by atoms with E-state index in [1.165, 1.54) is 11.1 Å². The first-order valence-electron chi connectivity index (χ1n) is 5.66. The highest BCUT2D eigenvalue weighted by Gasteiger charge is 2.03. The largest absolute Gasteiger partial charge is 0.493 e. The molecular formula is C13H20N2O2. The van der Waals surface area contributed by atoms with Crippen molar-refractivity contribution in [3.05, 3.63) is 29.3 Å². The van der Waals surface area contributed by atoms with E-state index in [1.54, 1.807) is 19.1 Å². The van der Waals surface area contributed by atoms with Gasteiger partial charge in [0.15, 0.2) is 0 Å².